The van der Waals surface area contributed by atoms with Crippen LogP contribution < -0.4 is 4.90 Å². The first kappa shape index (κ1) is 32.3. The van der Waals surface area contributed by atoms with Crippen molar-refractivity contribution < 1.29 is 23.0 Å². The molecular formula is C37H33FN6O4S. The summed E-state index contributed by atoms with van der Waals surface area (Å²) in [4.78, 5) is 13.7. The molecule has 2 N–H and O–H groups in total. The number of aromatic nitrogens is 3. The number of hydrogen-bond donors (Lipinski definition) is 2. The van der Waals surface area contributed by atoms with Crippen LogP contribution in [0.15, 0.2) is 78.0 Å². The zero-order valence-electron chi connectivity index (χ0n) is 27.1. The Kier molecular flexibility index (Phi) is 7.91. The van der Waals surface area contributed by atoms with Gasteiger partial charge >= 0.3 is 0 Å². The van der Waals surface area contributed by atoms with E-state index in [1.54, 1.807) is 24.4 Å². The topological polar surface area (TPSA) is 136 Å². The van der Waals surface area contributed by atoms with Crippen LogP contribution in [-0.4, -0.2) is 68.2 Å². The Morgan fingerprint density at radius 2 is 1.76 bits per heavy atom. The van der Waals surface area contributed by atoms with Gasteiger partial charge in [0.1, 0.15) is 34.7 Å². The Morgan fingerprint density at radius 1 is 1.02 bits per heavy atom. The molecule has 2 atom stereocenters. The molecule has 6 heterocycles. The first-order valence-electron chi connectivity index (χ1n) is 15.8. The summed E-state index contributed by atoms with van der Waals surface area (Å²) in [6.07, 6.45) is 4.02. The minimum Gasteiger partial charge on any atom is -0.508 e. The Hall–Kier alpha value is -5.27. The predicted octanol–water partition coefficient (Wildman–Crippen LogP) is 4.95. The number of rotatable bonds is 6. The highest BCUT2D eigenvalue weighted by molar-refractivity contribution is 7.90. The van der Waals surface area contributed by atoms with Crippen LogP contribution in [0, 0.1) is 35.9 Å². The Labute approximate surface area is 283 Å². The van der Waals surface area contributed by atoms with Crippen molar-refractivity contribution in [1.29, 1.82) is 5.26 Å². The minimum atomic E-state index is -4.18. The molecule has 3 aromatic heterocycles. The average Bonchev–Trinajstić information content (AvgIpc) is 3.46. The van der Waals surface area contributed by atoms with Crippen molar-refractivity contribution in [2.24, 2.45) is 0 Å². The second-order valence-corrected chi connectivity index (χ2v) is 14.9. The quantitative estimate of drug-likeness (QED) is 0.240. The van der Waals surface area contributed by atoms with Gasteiger partial charge in [0, 0.05) is 66.2 Å². The van der Waals surface area contributed by atoms with E-state index in [1.807, 2.05) is 19.1 Å². The zero-order chi connectivity index (χ0) is 34.7. The summed E-state index contributed by atoms with van der Waals surface area (Å²) >= 11 is 0. The normalized spacial score (nSPS) is 17.7. The number of phenolic OH excluding ortho intramolecular Hbond substituents is 1. The van der Waals surface area contributed by atoms with Crippen LogP contribution in [0.25, 0.3) is 22.2 Å². The van der Waals surface area contributed by atoms with Crippen molar-refractivity contribution in [3.05, 3.63) is 101 Å². The molecule has 3 fully saturated rings. The zero-order valence-corrected chi connectivity index (χ0v) is 27.9. The average molecular weight is 677 g/mol. The lowest BCUT2D eigenvalue weighted by Gasteiger charge is -2.56. The highest BCUT2D eigenvalue weighted by atomic mass is 32.2. The number of hydrogen-bond acceptors (Lipinski definition) is 9. The second-order valence-electron chi connectivity index (χ2n) is 13.1. The number of piperidine rings is 1. The van der Waals surface area contributed by atoms with Crippen LogP contribution in [0.5, 0.6) is 5.75 Å². The summed E-state index contributed by atoms with van der Waals surface area (Å²) in [5.74, 6) is 6.01. The van der Waals surface area contributed by atoms with Gasteiger partial charge in [-0.05, 0) is 81.6 Å². The molecule has 10 nitrogen and oxygen atoms in total. The molecule has 12 heteroatoms. The van der Waals surface area contributed by atoms with Crippen molar-refractivity contribution in [2.45, 2.75) is 56.3 Å². The molecule has 5 aromatic rings. The predicted molar refractivity (Wildman–Crippen MR) is 183 cm³/mol. The number of nitrogens with zero attached hydrogens (tertiary/aromatic N) is 6. The highest BCUT2D eigenvalue weighted by Gasteiger charge is 2.45. The number of benzene rings is 2. The van der Waals surface area contributed by atoms with E-state index in [9.17, 15) is 28.3 Å². The Morgan fingerprint density at radius 3 is 2.41 bits per heavy atom. The summed E-state index contributed by atoms with van der Waals surface area (Å²) in [5, 5.41) is 31.0. The number of fused-ring (bicyclic) bond motifs is 3. The van der Waals surface area contributed by atoms with Crippen LogP contribution in [0.4, 0.5) is 10.2 Å². The third-order valence-corrected chi connectivity index (χ3v) is 10.8. The van der Waals surface area contributed by atoms with Crippen LogP contribution in [0.1, 0.15) is 42.7 Å². The van der Waals surface area contributed by atoms with E-state index in [1.165, 1.54) is 50.4 Å². The third kappa shape index (κ3) is 6.00. The fraction of sp³-hybridized carbons (Fsp3) is 0.270. The maximum absolute atomic E-state index is 14.1. The molecule has 3 saturated heterocycles. The number of pyridine rings is 2. The monoisotopic (exact) mass is 676 g/mol. The molecule has 2 unspecified atom stereocenters. The fourth-order valence-corrected chi connectivity index (χ4v) is 8.04. The molecule has 248 valence electrons. The first-order valence-corrected chi connectivity index (χ1v) is 17.2. The standard InChI is InChI=1S/C37H33FN6O4S/c1-23-4-8-31(9-5-23)49(47,48)44-28(12-13-37(2,3)46)16-32-35(26(17-39)19-41-36(32)44)24-6-11-34(40-18-24)42-21-29-15-30(22-42)43(29)20-25-14-27(38)7-10-33(25)45/h4-11,14,16,18-19,29-30,45-46H,15,20-22H2,1-3H3. The van der Waals surface area contributed by atoms with Gasteiger partial charge in [-0.1, -0.05) is 23.6 Å². The molecule has 49 heavy (non-hydrogen) atoms. The van der Waals surface area contributed by atoms with E-state index in [2.05, 4.69) is 32.7 Å². The van der Waals surface area contributed by atoms with Gasteiger partial charge in [0.05, 0.1) is 10.5 Å². The molecule has 0 spiro atoms. The van der Waals surface area contributed by atoms with Crippen molar-refractivity contribution >= 4 is 26.9 Å². The number of aliphatic hydroxyl groups is 1. The van der Waals surface area contributed by atoms with Crippen molar-refractivity contribution in [3.8, 4) is 34.8 Å². The number of nitriles is 1. The summed E-state index contributed by atoms with van der Waals surface area (Å²) in [6, 6.07) is 18.4. The van der Waals surface area contributed by atoms with Crippen molar-refractivity contribution in [2.75, 3.05) is 18.0 Å². The van der Waals surface area contributed by atoms with E-state index in [0.29, 0.717) is 41.7 Å². The van der Waals surface area contributed by atoms with Crippen LogP contribution >= 0.6 is 0 Å². The second kappa shape index (κ2) is 12.0. The van der Waals surface area contributed by atoms with E-state index >= 15 is 0 Å². The fourth-order valence-electron chi connectivity index (χ4n) is 6.61. The SMILES string of the molecule is Cc1ccc(S(=O)(=O)n2c(C#CC(C)(C)O)cc3c(-c4ccc(N5CC6CC(C5)N6Cc5cc(F)ccc5O)nc4)c(C#N)cnc32)cc1. The Balaban J connectivity index is 1.23. The largest absolute Gasteiger partial charge is 0.508 e. The maximum atomic E-state index is 14.1. The summed E-state index contributed by atoms with van der Waals surface area (Å²) in [6.45, 7) is 6.77. The van der Waals surface area contributed by atoms with Crippen molar-refractivity contribution in [1.82, 2.24) is 18.8 Å². The number of phenols is 1. The number of aromatic hydroxyl groups is 1. The lowest BCUT2D eigenvalue weighted by atomic mass is 9.86. The van der Waals surface area contributed by atoms with Gasteiger partial charge in [-0.3, -0.25) is 4.90 Å². The first-order chi connectivity index (χ1) is 23.3. The van der Waals surface area contributed by atoms with E-state index < -0.39 is 15.6 Å². The van der Waals surface area contributed by atoms with Crippen LogP contribution in [0.3, 0.4) is 0 Å². The summed E-state index contributed by atoms with van der Waals surface area (Å²) in [7, 11) is -4.18. The van der Waals surface area contributed by atoms with Gasteiger partial charge in [-0.15, -0.1) is 0 Å². The lowest BCUT2D eigenvalue weighted by Crippen LogP contribution is -2.68. The van der Waals surface area contributed by atoms with E-state index in [4.69, 9.17) is 4.98 Å². The Bertz CT molecular complexity index is 2300. The molecule has 0 amide bonds. The van der Waals surface area contributed by atoms with Gasteiger partial charge in [-0.25, -0.2) is 26.7 Å². The van der Waals surface area contributed by atoms with Crippen LogP contribution in [0.2, 0.25) is 0 Å². The molecule has 3 aliphatic rings. The van der Waals surface area contributed by atoms with Gasteiger partial charge < -0.3 is 15.1 Å². The number of aryl methyl sites for hydroxylation is 1. The molecule has 2 bridgehead atoms. The van der Waals surface area contributed by atoms with Crippen molar-refractivity contribution in [3.63, 3.8) is 0 Å². The molecule has 0 aliphatic carbocycles. The number of halogens is 1. The van der Waals surface area contributed by atoms with Crippen LogP contribution in [-0.2, 0) is 16.6 Å². The minimum absolute atomic E-state index is 0.0477. The maximum Gasteiger partial charge on any atom is 0.270 e. The molecular weight excluding hydrogens is 644 g/mol. The van der Waals surface area contributed by atoms with Gasteiger partial charge in [0.25, 0.3) is 10.0 Å². The molecule has 3 aliphatic heterocycles. The highest BCUT2D eigenvalue weighted by Crippen LogP contribution is 2.38. The molecule has 0 radical (unpaired) electrons. The molecule has 8 rings (SSSR count). The number of anilines is 1. The lowest BCUT2D eigenvalue weighted by molar-refractivity contribution is -0.00921. The van der Waals surface area contributed by atoms with E-state index in [-0.39, 0.29) is 45.5 Å². The third-order valence-electron chi connectivity index (χ3n) is 9.06. The van der Waals surface area contributed by atoms with Gasteiger partial charge in [0.2, 0.25) is 0 Å². The molecule has 0 saturated carbocycles. The smallest absolute Gasteiger partial charge is 0.270 e. The number of piperazine rings is 1. The van der Waals surface area contributed by atoms with Gasteiger partial charge in [0.15, 0.2) is 5.65 Å². The molecule has 2 aromatic carbocycles. The summed E-state index contributed by atoms with van der Waals surface area (Å²) in [5.41, 5.74) is 1.58. The summed E-state index contributed by atoms with van der Waals surface area (Å²) < 4.78 is 43.0. The van der Waals surface area contributed by atoms with Gasteiger partial charge in [-0.2, -0.15) is 5.26 Å². The van der Waals surface area contributed by atoms with E-state index in [0.717, 1.165) is 21.8 Å².